The van der Waals surface area contributed by atoms with Crippen LogP contribution in [0.2, 0.25) is 0 Å². The average Bonchev–Trinajstić information content (AvgIpc) is 3.63. The van der Waals surface area contributed by atoms with Crippen LogP contribution in [0.15, 0.2) is 36.4 Å². The maximum absolute atomic E-state index is 13.2. The fourth-order valence-electron chi connectivity index (χ4n) is 7.05. The van der Waals surface area contributed by atoms with Crippen LogP contribution in [0.3, 0.4) is 0 Å². The Balaban J connectivity index is 1.57. The highest BCUT2D eigenvalue weighted by molar-refractivity contribution is 7.87. The molecule has 1 aliphatic heterocycles. The van der Waals surface area contributed by atoms with Crippen molar-refractivity contribution in [1.29, 1.82) is 0 Å². The Labute approximate surface area is 257 Å². The summed E-state index contributed by atoms with van der Waals surface area (Å²) in [5.41, 5.74) is 4.63. The molecule has 3 aliphatic rings. The summed E-state index contributed by atoms with van der Waals surface area (Å²) in [5.74, 6) is -1.04. The molecule has 2 N–H and O–H groups in total. The maximum atomic E-state index is 13.2. The summed E-state index contributed by atoms with van der Waals surface area (Å²) >= 11 is 0. The number of nitrogens with one attached hydrogen (secondary N) is 2. The summed E-state index contributed by atoms with van der Waals surface area (Å²) < 4.78 is 35.8. The third kappa shape index (κ3) is 5.03. The van der Waals surface area contributed by atoms with Crippen molar-refractivity contribution in [2.75, 3.05) is 35.3 Å². The molecule has 3 amide bonds. The van der Waals surface area contributed by atoms with Crippen LogP contribution in [0, 0.1) is 0 Å². The number of likely N-dealkylation sites (N-methyl/N-ethyl adjacent to an activating group) is 1. The van der Waals surface area contributed by atoms with Crippen LogP contribution in [0.5, 0.6) is 5.75 Å². The van der Waals surface area contributed by atoms with Gasteiger partial charge in [0.25, 0.3) is 5.91 Å². The second kappa shape index (κ2) is 10.9. The van der Waals surface area contributed by atoms with Gasteiger partial charge in [0, 0.05) is 62.7 Å². The zero-order valence-electron chi connectivity index (χ0n) is 25.8. The van der Waals surface area contributed by atoms with Crippen LogP contribution < -0.4 is 14.8 Å². The lowest BCUT2D eigenvalue weighted by molar-refractivity contribution is -0.144. The molecule has 3 aromatic rings. The average molecular weight is 622 g/mol. The van der Waals surface area contributed by atoms with Crippen LogP contribution in [0.4, 0.5) is 0 Å². The molecule has 2 heterocycles. The normalized spacial score (nSPS) is 21.1. The first-order chi connectivity index (χ1) is 20.9. The predicted molar refractivity (Wildman–Crippen MR) is 167 cm³/mol. The van der Waals surface area contributed by atoms with Gasteiger partial charge in [-0.3, -0.25) is 14.4 Å². The van der Waals surface area contributed by atoms with E-state index in [4.69, 9.17) is 4.74 Å². The van der Waals surface area contributed by atoms with Crippen LogP contribution in [0.25, 0.3) is 22.2 Å². The van der Waals surface area contributed by atoms with E-state index in [0.717, 1.165) is 57.7 Å². The van der Waals surface area contributed by atoms with E-state index in [9.17, 15) is 22.8 Å². The molecule has 11 nitrogen and oxygen atoms in total. The first-order valence-electron chi connectivity index (χ1n) is 15.0. The van der Waals surface area contributed by atoms with Crippen molar-refractivity contribution in [3.8, 4) is 17.0 Å². The molecular formula is C32H39N5O6S. The van der Waals surface area contributed by atoms with Gasteiger partial charge in [-0.25, -0.2) is 4.72 Å². The van der Waals surface area contributed by atoms with Crippen LogP contribution in [0.1, 0.15) is 71.8 Å². The van der Waals surface area contributed by atoms with Crippen molar-refractivity contribution in [3.05, 3.63) is 53.1 Å². The third-order valence-corrected chi connectivity index (χ3v) is 10.9. The summed E-state index contributed by atoms with van der Waals surface area (Å²) in [4.78, 5) is 40.3. The number of carbonyl (C=O) groups is 3. The van der Waals surface area contributed by atoms with Crippen LogP contribution >= 0.6 is 0 Å². The monoisotopic (exact) mass is 621 g/mol. The molecule has 2 aliphatic carbocycles. The topological polar surface area (TPSA) is 130 Å². The fourth-order valence-corrected chi connectivity index (χ4v) is 7.58. The lowest BCUT2D eigenvalue weighted by Crippen LogP contribution is -2.47. The standard InChI is InChI=1S/C32H39N5O6S/c1-35(2)31(40)30(39)33-32-17-25(32)24-16-21(43-5)12-14-22(24)28-27(19-9-7-6-8-10-19)23-13-11-20(15-26(23)37(28)18-32)29(38)34-44(41,42)36(3)4/h11-16,19,25H,6-10,17-18H2,1-5H3,(H,33,39)(H,34,38)/t25-,32-/m1/s1. The SMILES string of the molecule is COc1ccc2c(c1)[C@H]1C[C@@]1(NC(=O)C(=O)N(C)C)Cn1c-2c(C2CCCCC2)c2ccc(C(=O)NS(=O)(=O)N(C)C)cc21. The number of rotatable bonds is 6. The number of amides is 3. The Morgan fingerprint density at radius 1 is 1.00 bits per heavy atom. The third-order valence-electron chi connectivity index (χ3n) is 9.45. The summed E-state index contributed by atoms with van der Waals surface area (Å²) in [5, 5.41) is 4.09. The highest BCUT2D eigenvalue weighted by Crippen LogP contribution is 2.59. The summed E-state index contributed by atoms with van der Waals surface area (Å²) in [6.45, 7) is 0.390. The van der Waals surface area contributed by atoms with E-state index < -0.39 is 33.5 Å². The number of hydrogen-bond acceptors (Lipinski definition) is 6. The highest BCUT2D eigenvalue weighted by atomic mass is 32.2. The van der Waals surface area contributed by atoms with E-state index >= 15 is 0 Å². The number of ether oxygens (including phenoxy) is 1. The van der Waals surface area contributed by atoms with E-state index in [2.05, 4.69) is 20.7 Å². The van der Waals surface area contributed by atoms with E-state index in [-0.39, 0.29) is 11.5 Å². The maximum Gasteiger partial charge on any atom is 0.311 e. The van der Waals surface area contributed by atoms with Crippen molar-refractivity contribution < 1.29 is 27.5 Å². The second-order valence-electron chi connectivity index (χ2n) is 12.7. The van der Waals surface area contributed by atoms with Crippen molar-refractivity contribution in [1.82, 2.24) is 23.8 Å². The number of benzene rings is 2. The van der Waals surface area contributed by atoms with Gasteiger partial charge < -0.3 is 19.5 Å². The number of fused-ring (bicyclic) bond motifs is 7. The Hall–Kier alpha value is -3.90. The number of nitrogens with zero attached hydrogens (tertiary/aromatic N) is 3. The summed E-state index contributed by atoms with van der Waals surface area (Å²) in [7, 11) is 3.45. The number of hydrogen-bond donors (Lipinski definition) is 2. The molecule has 2 saturated carbocycles. The number of aromatic nitrogens is 1. The molecule has 6 rings (SSSR count). The van der Waals surface area contributed by atoms with Crippen molar-refractivity contribution in [2.45, 2.75) is 62.4 Å². The first-order valence-corrected chi connectivity index (χ1v) is 16.4. The van der Waals surface area contributed by atoms with E-state index in [1.54, 1.807) is 33.3 Å². The zero-order valence-corrected chi connectivity index (χ0v) is 26.6. The second-order valence-corrected chi connectivity index (χ2v) is 14.5. The minimum atomic E-state index is -3.99. The van der Waals surface area contributed by atoms with Gasteiger partial charge in [0.05, 0.1) is 18.3 Å². The van der Waals surface area contributed by atoms with Gasteiger partial charge in [0.1, 0.15) is 5.75 Å². The number of methoxy groups -OCH3 is 1. The molecule has 2 aromatic carbocycles. The fraction of sp³-hybridized carbons (Fsp3) is 0.469. The van der Waals surface area contributed by atoms with Gasteiger partial charge in [0.15, 0.2) is 0 Å². The van der Waals surface area contributed by atoms with E-state index in [0.29, 0.717) is 24.6 Å². The minimum Gasteiger partial charge on any atom is -0.497 e. The molecule has 2 atom stereocenters. The molecule has 0 saturated heterocycles. The van der Waals surface area contributed by atoms with Crippen molar-refractivity contribution >= 4 is 38.8 Å². The Morgan fingerprint density at radius 2 is 1.73 bits per heavy atom. The minimum absolute atomic E-state index is 0.0441. The molecule has 0 unspecified atom stereocenters. The van der Waals surface area contributed by atoms with Crippen molar-refractivity contribution in [3.63, 3.8) is 0 Å². The van der Waals surface area contributed by atoms with Gasteiger partial charge >= 0.3 is 22.0 Å². The van der Waals surface area contributed by atoms with Gasteiger partial charge in [-0.15, -0.1) is 0 Å². The van der Waals surface area contributed by atoms with Gasteiger partial charge in [-0.05, 0) is 66.6 Å². The molecule has 1 aromatic heterocycles. The van der Waals surface area contributed by atoms with E-state index in [1.165, 1.54) is 31.0 Å². The lowest BCUT2D eigenvalue weighted by Gasteiger charge is -2.24. The largest absolute Gasteiger partial charge is 0.497 e. The Morgan fingerprint density at radius 3 is 2.39 bits per heavy atom. The van der Waals surface area contributed by atoms with Crippen LogP contribution in [-0.4, -0.2) is 80.8 Å². The molecule has 2 fully saturated rings. The quantitative estimate of drug-likeness (QED) is 0.406. The van der Waals surface area contributed by atoms with Gasteiger partial charge in [-0.1, -0.05) is 25.3 Å². The smallest absolute Gasteiger partial charge is 0.311 e. The molecular weight excluding hydrogens is 582 g/mol. The zero-order chi connectivity index (χ0) is 31.6. The first kappa shape index (κ1) is 30.1. The summed E-state index contributed by atoms with van der Waals surface area (Å²) in [6.07, 6.45) is 6.18. The highest BCUT2D eigenvalue weighted by Gasteiger charge is 2.59. The predicted octanol–water partition coefficient (Wildman–Crippen LogP) is 3.34. The van der Waals surface area contributed by atoms with E-state index in [1.807, 2.05) is 18.2 Å². The molecule has 234 valence electrons. The summed E-state index contributed by atoms with van der Waals surface area (Å²) in [6, 6.07) is 11.4. The lowest BCUT2D eigenvalue weighted by atomic mass is 9.81. The van der Waals surface area contributed by atoms with Crippen LogP contribution in [-0.2, 0) is 26.3 Å². The molecule has 0 bridgehead atoms. The van der Waals surface area contributed by atoms with Gasteiger partial charge in [0.2, 0.25) is 0 Å². The van der Waals surface area contributed by atoms with Gasteiger partial charge in [-0.2, -0.15) is 12.7 Å². The van der Waals surface area contributed by atoms with Crippen molar-refractivity contribution in [2.24, 2.45) is 0 Å². The molecule has 0 spiro atoms. The Bertz CT molecular complexity index is 1790. The Kier molecular flexibility index (Phi) is 7.48. The molecule has 0 radical (unpaired) electrons. The number of carbonyl (C=O) groups excluding carboxylic acids is 3. The molecule has 44 heavy (non-hydrogen) atoms. The molecule has 12 heteroatoms.